The Labute approximate surface area is 206 Å². The van der Waals surface area contributed by atoms with E-state index in [0.29, 0.717) is 41.2 Å². The second kappa shape index (κ2) is 11.4. The van der Waals surface area contributed by atoms with Gasteiger partial charge in [-0.05, 0) is 61.6 Å². The van der Waals surface area contributed by atoms with Gasteiger partial charge in [-0.3, -0.25) is 19.3 Å². The first-order valence-corrected chi connectivity index (χ1v) is 12.2. The molecular formula is C27H33N3O5. The largest absolute Gasteiger partial charge is 0.495 e. The zero-order valence-corrected chi connectivity index (χ0v) is 20.3. The number of carbonyl (C=O) groups excluding carboxylic acids is 3. The van der Waals surface area contributed by atoms with E-state index in [1.807, 2.05) is 12.1 Å². The van der Waals surface area contributed by atoms with Crippen molar-refractivity contribution < 1.29 is 23.9 Å². The molecule has 2 amide bonds. The molecule has 1 saturated carbocycles. The third-order valence-corrected chi connectivity index (χ3v) is 7.08. The number of nitrogens with zero attached hydrogens (tertiary/aromatic N) is 1. The lowest BCUT2D eigenvalue weighted by Gasteiger charge is -2.33. The van der Waals surface area contributed by atoms with Gasteiger partial charge in [0.2, 0.25) is 5.91 Å². The van der Waals surface area contributed by atoms with E-state index >= 15 is 0 Å². The number of hydrogen-bond donors (Lipinski definition) is 2. The van der Waals surface area contributed by atoms with Gasteiger partial charge in [-0.2, -0.15) is 0 Å². The molecule has 1 heterocycles. The number of likely N-dealkylation sites (tertiary alicyclic amines) is 1. The van der Waals surface area contributed by atoms with Crippen LogP contribution < -0.4 is 15.4 Å². The molecular weight excluding hydrogens is 446 g/mol. The minimum atomic E-state index is -0.266. The van der Waals surface area contributed by atoms with Crippen LogP contribution in [0.25, 0.3) is 0 Å². The average molecular weight is 480 g/mol. The summed E-state index contributed by atoms with van der Waals surface area (Å²) < 4.78 is 10.3. The van der Waals surface area contributed by atoms with Gasteiger partial charge >= 0.3 is 5.97 Å². The second-order valence-corrected chi connectivity index (χ2v) is 9.15. The maximum absolute atomic E-state index is 12.7. The van der Waals surface area contributed by atoms with Crippen LogP contribution in [-0.4, -0.2) is 55.5 Å². The topological polar surface area (TPSA) is 97.0 Å². The van der Waals surface area contributed by atoms with Crippen LogP contribution in [-0.2, 0) is 14.3 Å². The fraction of sp³-hybridized carbons (Fsp3) is 0.444. The lowest BCUT2D eigenvalue weighted by Crippen LogP contribution is -2.44. The normalized spacial score (nSPS) is 21.6. The zero-order chi connectivity index (χ0) is 24.8. The van der Waals surface area contributed by atoms with E-state index in [2.05, 4.69) is 15.5 Å². The summed E-state index contributed by atoms with van der Waals surface area (Å²) in [6.07, 6.45) is 5.67. The molecule has 1 aliphatic carbocycles. The molecule has 0 spiro atoms. The van der Waals surface area contributed by atoms with E-state index in [1.54, 1.807) is 43.5 Å². The number of benzene rings is 2. The van der Waals surface area contributed by atoms with Gasteiger partial charge in [-0.15, -0.1) is 0 Å². The molecule has 2 aliphatic rings. The predicted octanol–water partition coefficient (Wildman–Crippen LogP) is 4.08. The van der Waals surface area contributed by atoms with Gasteiger partial charge in [-0.25, -0.2) is 0 Å². The zero-order valence-electron chi connectivity index (χ0n) is 20.3. The Hall–Kier alpha value is -3.39. The van der Waals surface area contributed by atoms with E-state index in [1.165, 1.54) is 13.5 Å². The van der Waals surface area contributed by atoms with Gasteiger partial charge in [0.25, 0.3) is 5.91 Å². The summed E-state index contributed by atoms with van der Waals surface area (Å²) >= 11 is 0. The van der Waals surface area contributed by atoms with Crippen molar-refractivity contribution in [2.75, 3.05) is 31.4 Å². The summed E-state index contributed by atoms with van der Waals surface area (Å²) in [5.74, 6) is 0.486. The van der Waals surface area contributed by atoms with E-state index < -0.39 is 0 Å². The number of carbonyl (C=O) groups is 3. The van der Waals surface area contributed by atoms with Crippen molar-refractivity contribution >= 4 is 29.2 Å². The summed E-state index contributed by atoms with van der Waals surface area (Å²) in [6, 6.07) is 14.0. The number of para-hydroxylation sites is 2. The van der Waals surface area contributed by atoms with Crippen LogP contribution in [0, 0.1) is 5.92 Å². The van der Waals surface area contributed by atoms with Crippen LogP contribution in [0.5, 0.6) is 5.75 Å². The number of esters is 1. The third kappa shape index (κ3) is 5.82. The SMILES string of the molecule is COC(=O)C1CC2CCCCC2N1CCC(=O)Nc1ccc(C(=O)Nc2ccccc2OC)cc1. The Morgan fingerprint density at radius 2 is 1.71 bits per heavy atom. The molecule has 2 aromatic rings. The van der Waals surface area contributed by atoms with Crippen molar-refractivity contribution in [1.29, 1.82) is 0 Å². The standard InChI is InChI=1S/C27H33N3O5/c1-34-24-10-6-4-8-21(24)29-26(32)18-11-13-20(14-12-18)28-25(31)15-16-30-22-9-5-3-7-19(22)17-23(30)27(33)35-2/h4,6,8,10-14,19,22-23H,3,5,7,9,15-17H2,1-2H3,(H,28,31)(H,29,32). The molecule has 0 radical (unpaired) electrons. The number of nitrogens with one attached hydrogen (secondary N) is 2. The Kier molecular flexibility index (Phi) is 8.02. The molecule has 1 aliphatic heterocycles. The van der Waals surface area contributed by atoms with Crippen molar-refractivity contribution in [1.82, 2.24) is 4.90 Å². The van der Waals surface area contributed by atoms with Crippen LogP contribution >= 0.6 is 0 Å². The van der Waals surface area contributed by atoms with Gasteiger partial charge in [0.1, 0.15) is 11.8 Å². The fourth-order valence-electron chi connectivity index (χ4n) is 5.34. The van der Waals surface area contributed by atoms with Crippen molar-refractivity contribution in [2.45, 2.75) is 50.6 Å². The van der Waals surface area contributed by atoms with E-state index in [9.17, 15) is 14.4 Å². The lowest BCUT2D eigenvalue weighted by atomic mass is 9.85. The first kappa shape index (κ1) is 24.7. The highest BCUT2D eigenvalue weighted by atomic mass is 16.5. The molecule has 0 aromatic heterocycles. The molecule has 2 aromatic carbocycles. The van der Waals surface area contributed by atoms with Crippen LogP contribution in [0.2, 0.25) is 0 Å². The van der Waals surface area contributed by atoms with Crippen molar-refractivity contribution in [2.24, 2.45) is 5.92 Å². The molecule has 3 unspecified atom stereocenters. The van der Waals surface area contributed by atoms with Crippen LogP contribution in [0.3, 0.4) is 0 Å². The smallest absolute Gasteiger partial charge is 0.323 e. The molecule has 2 fully saturated rings. The number of amides is 2. The molecule has 3 atom stereocenters. The monoisotopic (exact) mass is 479 g/mol. The molecule has 2 N–H and O–H groups in total. The third-order valence-electron chi connectivity index (χ3n) is 7.08. The molecule has 0 bridgehead atoms. The first-order valence-electron chi connectivity index (χ1n) is 12.2. The second-order valence-electron chi connectivity index (χ2n) is 9.15. The van der Waals surface area contributed by atoms with Crippen LogP contribution in [0.1, 0.15) is 48.9 Å². The van der Waals surface area contributed by atoms with Crippen LogP contribution in [0.15, 0.2) is 48.5 Å². The van der Waals surface area contributed by atoms with Gasteiger partial charge in [0.05, 0.1) is 19.9 Å². The predicted molar refractivity (Wildman–Crippen MR) is 134 cm³/mol. The molecule has 1 saturated heterocycles. The quantitative estimate of drug-likeness (QED) is 0.554. The summed E-state index contributed by atoms with van der Waals surface area (Å²) in [5, 5.41) is 5.73. The van der Waals surface area contributed by atoms with E-state index in [-0.39, 0.29) is 30.2 Å². The number of ether oxygens (including phenoxy) is 2. The van der Waals surface area contributed by atoms with E-state index in [4.69, 9.17) is 9.47 Å². The van der Waals surface area contributed by atoms with Crippen LogP contribution in [0.4, 0.5) is 11.4 Å². The molecule has 186 valence electrons. The summed E-state index contributed by atoms with van der Waals surface area (Å²) in [5.41, 5.74) is 1.67. The van der Waals surface area contributed by atoms with E-state index in [0.717, 1.165) is 25.7 Å². The summed E-state index contributed by atoms with van der Waals surface area (Å²) in [4.78, 5) is 39.8. The Morgan fingerprint density at radius 1 is 0.971 bits per heavy atom. The number of anilines is 2. The number of hydrogen-bond acceptors (Lipinski definition) is 6. The van der Waals surface area contributed by atoms with Gasteiger partial charge < -0.3 is 20.1 Å². The molecule has 4 rings (SSSR count). The molecule has 35 heavy (non-hydrogen) atoms. The highest BCUT2D eigenvalue weighted by Crippen LogP contribution is 2.40. The number of fused-ring (bicyclic) bond motifs is 1. The first-order chi connectivity index (χ1) is 17.0. The Morgan fingerprint density at radius 3 is 2.46 bits per heavy atom. The summed E-state index contributed by atoms with van der Waals surface area (Å²) in [7, 11) is 2.98. The van der Waals surface area contributed by atoms with Gasteiger partial charge in [0, 0.05) is 30.3 Å². The molecule has 8 nitrogen and oxygen atoms in total. The minimum Gasteiger partial charge on any atom is -0.495 e. The fourth-order valence-corrected chi connectivity index (χ4v) is 5.34. The Balaban J connectivity index is 1.32. The maximum atomic E-state index is 12.7. The average Bonchev–Trinajstić information content (AvgIpc) is 3.26. The minimum absolute atomic E-state index is 0.126. The van der Waals surface area contributed by atoms with Gasteiger partial charge in [-0.1, -0.05) is 25.0 Å². The number of methoxy groups -OCH3 is 2. The maximum Gasteiger partial charge on any atom is 0.323 e. The number of rotatable bonds is 8. The Bertz CT molecular complexity index is 1060. The lowest BCUT2D eigenvalue weighted by molar-refractivity contribution is -0.146. The molecule has 8 heteroatoms. The van der Waals surface area contributed by atoms with Gasteiger partial charge in [0.15, 0.2) is 0 Å². The van der Waals surface area contributed by atoms with Crippen molar-refractivity contribution in [3.8, 4) is 5.75 Å². The van der Waals surface area contributed by atoms with Crippen molar-refractivity contribution in [3.63, 3.8) is 0 Å². The highest BCUT2D eigenvalue weighted by Gasteiger charge is 2.45. The van der Waals surface area contributed by atoms with Crippen molar-refractivity contribution in [3.05, 3.63) is 54.1 Å². The highest BCUT2D eigenvalue weighted by molar-refractivity contribution is 6.05. The summed E-state index contributed by atoms with van der Waals surface area (Å²) in [6.45, 7) is 0.520.